The van der Waals surface area contributed by atoms with E-state index in [0.717, 1.165) is 0 Å². The first-order chi connectivity index (χ1) is 7.70. The predicted octanol–water partition coefficient (Wildman–Crippen LogP) is 0.393. The minimum atomic E-state index is 0. The van der Waals surface area contributed by atoms with E-state index in [0.29, 0.717) is 35.8 Å². The van der Waals surface area contributed by atoms with E-state index in [-0.39, 0.29) is 12.4 Å². The molecule has 0 atom stereocenters. The Morgan fingerprint density at radius 1 is 1.47 bits per heavy atom. The van der Waals surface area contributed by atoms with E-state index in [1.165, 1.54) is 0 Å². The number of halogens is 1. The lowest BCUT2D eigenvalue weighted by atomic mass is 10.3. The van der Waals surface area contributed by atoms with Crippen molar-refractivity contribution in [1.82, 2.24) is 25.0 Å². The van der Waals surface area contributed by atoms with Gasteiger partial charge in [-0.3, -0.25) is 0 Å². The van der Waals surface area contributed by atoms with Gasteiger partial charge in [-0.1, -0.05) is 0 Å². The number of fused-ring (bicyclic) bond motifs is 1. The van der Waals surface area contributed by atoms with Crippen LogP contribution >= 0.6 is 12.4 Å². The van der Waals surface area contributed by atoms with Crippen molar-refractivity contribution in [1.29, 1.82) is 0 Å². The molecule has 0 bridgehead atoms. The Balaban J connectivity index is 0.00000144. The lowest BCUT2D eigenvalue weighted by Gasteiger charge is -2.12. The van der Waals surface area contributed by atoms with Crippen LogP contribution in [0.5, 0.6) is 0 Å². The lowest BCUT2D eigenvalue weighted by Crippen LogP contribution is -2.20. The van der Waals surface area contributed by atoms with Crippen LogP contribution in [0.1, 0.15) is 5.82 Å². The van der Waals surface area contributed by atoms with Crippen LogP contribution < -0.4 is 5.73 Å². The van der Waals surface area contributed by atoms with Crippen LogP contribution in [0.4, 0.5) is 5.82 Å². The fraction of sp³-hybridized carbons (Fsp3) is 0.444. The van der Waals surface area contributed by atoms with Crippen molar-refractivity contribution in [2.45, 2.75) is 6.42 Å². The molecule has 94 valence electrons. The average Bonchev–Trinajstić information content (AvgIpc) is 2.74. The first-order valence-electron chi connectivity index (χ1n) is 4.91. The number of rotatable bonds is 4. The van der Waals surface area contributed by atoms with Gasteiger partial charge in [0, 0.05) is 20.0 Å². The highest BCUT2D eigenvalue weighted by atomic mass is 35.5. The van der Waals surface area contributed by atoms with Crippen molar-refractivity contribution in [3.05, 3.63) is 12.2 Å². The SMILES string of the molecule is CON(C)CCc1nc(N)c2[nH]cnc2n1.Cl. The Morgan fingerprint density at radius 3 is 2.94 bits per heavy atom. The van der Waals surface area contributed by atoms with Crippen LogP contribution in [0.2, 0.25) is 0 Å². The topological polar surface area (TPSA) is 92.9 Å². The first kappa shape index (κ1) is 13.6. The number of nitrogen functional groups attached to an aromatic ring is 1. The van der Waals surface area contributed by atoms with Crippen LogP contribution in [0.15, 0.2) is 6.33 Å². The molecule has 0 aromatic carbocycles. The normalized spacial score (nSPS) is 10.8. The zero-order valence-electron chi connectivity index (χ0n) is 9.67. The van der Waals surface area contributed by atoms with Gasteiger partial charge in [0.1, 0.15) is 11.3 Å². The number of hydrogen-bond donors (Lipinski definition) is 2. The number of hydroxylamine groups is 2. The Labute approximate surface area is 105 Å². The van der Waals surface area contributed by atoms with E-state index in [1.54, 1.807) is 18.5 Å². The van der Waals surface area contributed by atoms with Gasteiger partial charge in [0.05, 0.1) is 13.4 Å². The van der Waals surface area contributed by atoms with Crippen LogP contribution in [-0.4, -0.2) is 45.7 Å². The molecular weight excluding hydrogens is 244 g/mol. The second-order valence-electron chi connectivity index (χ2n) is 3.41. The van der Waals surface area contributed by atoms with Crippen molar-refractivity contribution < 1.29 is 4.84 Å². The van der Waals surface area contributed by atoms with Crippen molar-refractivity contribution in [2.24, 2.45) is 0 Å². The second-order valence-corrected chi connectivity index (χ2v) is 3.41. The van der Waals surface area contributed by atoms with Gasteiger partial charge >= 0.3 is 0 Å². The van der Waals surface area contributed by atoms with E-state index in [2.05, 4.69) is 19.9 Å². The van der Waals surface area contributed by atoms with E-state index in [1.807, 2.05) is 7.05 Å². The molecule has 0 saturated heterocycles. The molecule has 0 unspecified atom stereocenters. The standard InChI is InChI=1S/C9H14N6O.ClH/c1-15(16-2)4-3-6-13-8(10)7-9(14-6)12-5-11-7;/h5H,3-4H2,1-2H3,(H3,10,11,12,13,14);1H. The molecule has 8 heteroatoms. The van der Waals surface area contributed by atoms with Gasteiger partial charge in [-0.15, -0.1) is 12.4 Å². The zero-order valence-corrected chi connectivity index (χ0v) is 10.5. The Kier molecular flexibility index (Phi) is 4.62. The van der Waals surface area contributed by atoms with Gasteiger partial charge in [0.25, 0.3) is 0 Å². The summed E-state index contributed by atoms with van der Waals surface area (Å²) in [6.45, 7) is 0.700. The summed E-state index contributed by atoms with van der Waals surface area (Å²) >= 11 is 0. The van der Waals surface area contributed by atoms with Crippen LogP contribution in [0.25, 0.3) is 11.2 Å². The highest BCUT2D eigenvalue weighted by Gasteiger charge is 2.07. The predicted molar refractivity (Wildman–Crippen MR) is 66.7 cm³/mol. The largest absolute Gasteiger partial charge is 0.382 e. The molecule has 0 amide bonds. The maximum absolute atomic E-state index is 5.77. The summed E-state index contributed by atoms with van der Waals surface area (Å²) in [6.07, 6.45) is 2.22. The maximum atomic E-state index is 5.77. The second kappa shape index (κ2) is 5.76. The number of aromatic nitrogens is 4. The lowest BCUT2D eigenvalue weighted by molar-refractivity contribution is -0.108. The van der Waals surface area contributed by atoms with Crippen molar-refractivity contribution >= 4 is 29.4 Å². The van der Waals surface area contributed by atoms with Crippen LogP contribution in [-0.2, 0) is 11.3 Å². The molecule has 7 nitrogen and oxygen atoms in total. The van der Waals surface area contributed by atoms with Crippen molar-refractivity contribution in [3.63, 3.8) is 0 Å². The molecule has 0 aliphatic heterocycles. The Hall–Kier alpha value is -1.44. The van der Waals surface area contributed by atoms with Gasteiger partial charge in [0.2, 0.25) is 0 Å². The molecule has 2 aromatic rings. The number of likely N-dealkylation sites (N-methyl/N-ethyl adjacent to an activating group) is 1. The number of nitrogens with zero attached hydrogens (tertiary/aromatic N) is 4. The highest BCUT2D eigenvalue weighted by molar-refractivity contribution is 5.85. The highest BCUT2D eigenvalue weighted by Crippen LogP contribution is 2.12. The van der Waals surface area contributed by atoms with E-state index in [4.69, 9.17) is 10.6 Å². The number of imidazole rings is 1. The molecule has 2 aromatic heterocycles. The Bertz CT molecular complexity index is 487. The van der Waals surface area contributed by atoms with Gasteiger partial charge in [-0.05, 0) is 0 Å². The van der Waals surface area contributed by atoms with Crippen LogP contribution in [0, 0.1) is 0 Å². The molecule has 2 heterocycles. The summed E-state index contributed by atoms with van der Waals surface area (Å²) in [7, 11) is 3.46. The molecule has 2 rings (SSSR count). The smallest absolute Gasteiger partial charge is 0.183 e. The first-order valence-corrected chi connectivity index (χ1v) is 4.91. The molecular formula is C9H15ClN6O. The van der Waals surface area contributed by atoms with Gasteiger partial charge in [0.15, 0.2) is 11.5 Å². The molecule has 0 saturated carbocycles. The van der Waals surface area contributed by atoms with Crippen molar-refractivity contribution in [2.75, 3.05) is 26.4 Å². The molecule has 0 aliphatic rings. The summed E-state index contributed by atoms with van der Waals surface area (Å²) < 4.78 is 0. The monoisotopic (exact) mass is 258 g/mol. The fourth-order valence-electron chi connectivity index (χ4n) is 1.36. The number of hydrogen-bond acceptors (Lipinski definition) is 6. The third-order valence-electron chi connectivity index (χ3n) is 2.32. The third-order valence-corrected chi connectivity index (χ3v) is 2.32. The van der Waals surface area contributed by atoms with E-state index in [9.17, 15) is 0 Å². The molecule has 17 heavy (non-hydrogen) atoms. The fourth-order valence-corrected chi connectivity index (χ4v) is 1.36. The third kappa shape index (κ3) is 3.02. The number of aromatic amines is 1. The molecule has 3 N–H and O–H groups in total. The summed E-state index contributed by atoms with van der Waals surface area (Å²) in [6, 6.07) is 0. The van der Waals surface area contributed by atoms with E-state index < -0.39 is 0 Å². The summed E-state index contributed by atoms with van der Waals surface area (Å²) in [5, 5.41) is 1.70. The van der Waals surface area contributed by atoms with E-state index >= 15 is 0 Å². The summed E-state index contributed by atoms with van der Waals surface area (Å²) in [4.78, 5) is 20.4. The van der Waals surface area contributed by atoms with Crippen molar-refractivity contribution in [3.8, 4) is 0 Å². The summed E-state index contributed by atoms with van der Waals surface area (Å²) in [5.41, 5.74) is 7.06. The number of H-pyrrole nitrogens is 1. The van der Waals surface area contributed by atoms with Gasteiger partial charge < -0.3 is 15.6 Å². The summed E-state index contributed by atoms with van der Waals surface area (Å²) in [5.74, 6) is 1.10. The zero-order chi connectivity index (χ0) is 11.5. The molecule has 0 aliphatic carbocycles. The molecule has 0 radical (unpaired) electrons. The molecule has 0 fully saturated rings. The number of nitrogens with two attached hydrogens (primary N) is 1. The van der Waals surface area contributed by atoms with Gasteiger partial charge in [-0.2, -0.15) is 5.06 Å². The number of anilines is 1. The minimum absolute atomic E-state index is 0. The molecule has 0 spiro atoms. The van der Waals surface area contributed by atoms with Crippen LogP contribution in [0.3, 0.4) is 0 Å². The quantitative estimate of drug-likeness (QED) is 0.771. The minimum Gasteiger partial charge on any atom is -0.382 e. The average molecular weight is 259 g/mol. The van der Waals surface area contributed by atoms with Gasteiger partial charge in [-0.25, -0.2) is 15.0 Å². The Morgan fingerprint density at radius 2 is 2.24 bits per heavy atom. The number of nitrogens with one attached hydrogen (secondary N) is 1. The maximum Gasteiger partial charge on any atom is 0.183 e.